The second-order valence-electron chi connectivity index (χ2n) is 5.83. The van der Waals surface area contributed by atoms with E-state index >= 15 is 0 Å². The molecule has 3 aromatic rings. The van der Waals surface area contributed by atoms with Crippen LogP contribution in [0.3, 0.4) is 0 Å². The molecule has 2 amide bonds. The number of anilines is 1. The van der Waals surface area contributed by atoms with E-state index in [0.29, 0.717) is 27.8 Å². The average molecular weight is 375 g/mol. The van der Waals surface area contributed by atoms with E-state index < -0.39 is 17.8 Å². The predicted molar refractivity (Wildman–Crippen MR) is 95.5 cm³/mol. The van der Waals surface area contributed by atoms with Gasteiger partial charge in [0.2, 0.25) is 0 Å². The number of carbonyl (C=O) groups excluding carboxylic acids is 1. The van der Waals surface area contributed by atoms with E-state index in [0.717, 1.165) is 12.1 Å². The van der Waals surface area contributed by atoms with Crippen LogP contribution >= 0.6 is 0 Å². The Morgan fingerprint density at radius 3 is 2.41 bits per heavy atom. The van der Waals surface area contributed by atoms with Crippen LogP contribution in [0.2, 0.25) is 0 Å². The molecule has 0 bridgehead atoms. The van der Waals surface area contributed by atoms with Gasteiger partial charge >= 0.3 is 12.2 Å². The van der Waals surface area contributed by atoms with Crippen LogP contribution in [0.5, 0.6) is 5.75 Å². The summed E-state index contributed by atoms with van der Waals surface area (Å²) in [7, 11) is 1.52. The molecule has 140 valence electrons. The molecule has 0 aliphatic carbocycles. The third-order valence-electron chi connectivity index (χ3n) is 4.15. The summed E-state index contributed by atoms with van der Waals surface area (Å²) >= 11 is 0. The van der Waals surface area contributed by atoms with Crippen LogP contribution in [0.4, 0.5) is 23.7 Å². The highest BCUT2D eigenvalue weighted by atomic mass is 19.4. The Balaban J connectivity index is 2.00. The van der Waals surface area contributed by atoms with Crippen molar-refractivity contribution in [2.75, 3.05) is 12.0 Å². The topological polar surface area (TPSA) is 68.5 Å². The summed E-state index contributed by atoms with van der Waals surface area (Å²) in [6, 6.07) is 8.96. The molecule has 0 spiro atoms. The van der Waals surface area contributed by atoms with Crippen LogP contribution in [-0.4, -0.2) is 18.1 Å². The van der Waals surface area contributed by atoms with Gasteiger partial charge in [0, 0.05) is 23.2 Å². The number of nitrogens with zero attached hydrogens (tertiary/aromatic N) is 2. The Bertz CT molecular complexity index is 972. The maximum atomic E-state index is 12.7. The van der Waals surface area contributed by atoms with Gasteiger partial charge in [0.1, 0.15) is 5.75 Å². The quantitative estimate of drug-likeness (QED) is 0.737. The molecule has 27 heavy (non-hydrogen) atoms. The fourth-order valence-electron chi connectivity index (χ4n) is 2.83. The molecular formula is C19H16F3N3O2. The van der Waals surface area contributed by atoms with Gasteiger partial charge < -0.3 is 10.5 Å². The molecule has 0 atom stereocenters. The Morgan fingerprint density at radius 1 is 1.11 bits per heavy atom. The molecule has 0 aliphatic rings. The number of pyridine rings is 1. The lowest BCUT2D eigenvalue weighted by Gasteiger charge is -2.23. The molecule has 1 aromatic heterocycles. The van der Waals surface area contributed by atoms with Crippen molar-refractivity contribution in [1.29, 1.82) is 0 Å². The molecule has 0 aliphatic heterocycles. The number of halogens is 3. The van der Waals surface area contributed by atoms with Crippen molar-refractivity contribution in [3.05, 3.63) is 66.0 Å². The number of fused-ring (bicyclic) bond motifs is 1. The number of alkyl halides is 3. The molecule has 2 N–H and O–H groups in total. The maximum Gasteiger partial charge on any atom is 0.416 e. The van der Waals surface area contributed by atoms with E-state index in [9.17, 15) is 18.0 Å². The van der Waals surface area contributed by atoms with E-state index in [2.05, 4.69) is 4.98 Å². The van der Waals surface area contributed by atoms with Crippen LogP contribution in [-0.2, 0) is 12.7 Å². The van der Waals surface area contributed by atoms with Crippen molar-refractivity contribution < 1.29 is 22.7 Å². The summed E-state index contributed by atoms with van der Waals surface area (Å²) in [5.41, 5.74) is 5.81. The van der Waals surface area contributed by atoms with Gasteiger partial charge in [-0.3, -0.25) is 9.88 Å². The minimum absolute atomic E-state index is 0.0250. The Labute approximate surface area is 153 Å². The van der Waals surface area contributed by atoms with Crippen molar-refractivity contribution in [2.24, 2.45) is 5.73 Å². The smallest absolute Gasteiger partial charge is 0.416 e. The van der Waals surface area contributed by atoms with Gasteiger partial charge in [-0.15, -0.1) is 0 Å². The van der Waals surface area contributed by atoms with E-state index in [1.165, 1.54) is 24.1 Å². The van der Waals surface area contributed by atoms with Crippen LogP contribution < -0.4 is 15.4 Å². The summed E-state index contributed by atoms with van der Waals surface area (Å²) < 4.78 is 43.5. The molecule has 0 unspecified atom stereocenters. The zero-order chi connectivity index (χ0) is 19.6. The number of methoxy groups -OCH3 is 1. The molecular weight excluding hydrogens is 359 g/mol. The first-order chi connectivity index (χ1) is 12.8. The third-order valence-corrected chi connectivity index (χ3v) is 4.15. The summed E-state index contributed by atoms with van der Waals surface area (Å²) in [4.78, 5) is 17.4. The molecule has 0 saturated carbocycles. The highest BCUT2D eigenvalue weighted by Gasteiger charge is 2.30. The summed E-state index contributed by atoms with van der Waals surface area (Å²) in [5.74, 6) is 0.584. The lowest BCUT2D eigenvalue weighted by molar-refractivity contribution is -0.137. The van der Waals surface area contributed by atoms with Crippen LogP contribution in [0.1, 0.15) is 11.1 Å². The number of urea groups is 1. The fourth-order valence-corrected chi connectivity index (χ4v) is 2.83. The van der Waals surface area contributed by atoms with E-state index in [1.54, 1.807) is 30.6 Å². The number of primary amides is 1. The number of nitrogens with two attached hydrogens (primary N) is 1. The van der Waals surface area contributed by atoms with Crippen LogP contribution in [0.15, 0.2) is 54.9 Å². The maximum absolute atomic E-state index is 12.7. The largest absolute Gasteiger partial charge is 0.496 e. The number of rotatable bonds is 4. The van der Waals surface area contributed by atoms with Crippen molar-refractivity contribution in [3.63, 3.8) is 0 Å². The van der Waals surface area contributed by atoms with Gasteiger partial charge in [0.25, 0.3) is 0 Å². The Hall–Kier alpha value is -3.29. The van der Waals surface area contributed by atoms with Crippen molar-refractivity contribution in [2.45, 2.75) is 12.7 Å². The number of hydrogen-bond donors (Lipinski definition) is 1. The highest BCUT2D eigenvalue weighted by Crippen LogP contribution is 2.34. The van der Waals surface area contributed by atoms with Gasteiger partial charge in [-0.25, -0.2) is 4.79 Å². The summed E-state index contributed by atoms with van der Waals surface area (Å²) in [6.07, 6.45) is -1.24. The number of carbonyl (C=O) groups is 1. The number of amides is 2. The van der Waals surface area contributed by atoms with Gasteiger partial charge in [-0.2, -0.15) is 13.2 Å². The summed E-state index contributed by atoms with van der Waals surface area (Å²) in [5, 5.41) is 1.38. The molecule has 0 radical (unpaired) electrons. The molecule has 3 rings (SSSR count). The first kappa shape index (κ1) is 18.5. The lowest BCUT2D eigenvalue weighted by Crippen LogP contribution is -2.35. The lowest BCUT2D eigenvalue weighted by atomic mass is 10.1. The number of ether oxygens (including phenoxy) is 1. The molecule has 0 fully saturated rings. The van der Waals surface area contributed by atoms with Crippen molar-refractivity contribution >= 4 is 22.5 Å². The normalized spacial score (nSPS) is 11.4. The average Bonchev–Trinajstić information content (AvgIpc) is 2.65. The number of aromatic nitrogens is 1. The first-order valence-corrected chi connectivity index (χ1v) is 7.95. The zero-order valence-corrected chi connectivity index (χ0v) is 14.3. The molecule has 0 saturated heterocycles. The number of benzene rings is 2. The van der Waals surface area contributed by atoms with Gasteiger partial charge in [-0.1, -0.05) is 12.1 Å². The molecule has 2 aromatic carbocycles. The number of hydrogen-bond acceptors (Lipinski definition) is 3. The van der Waals surface area contributed by atoms with Crippen molar-refractivity contribution in [3.8, 4) is 5.75 Å². The third kappa shape index (κ3) is 3.79. The highest BCUT2D eigenvalue weighted by molar-refractivity contribution is 6.04. The first-order valence-electron chi connectivity index (χ1n) is 7.95. The van der Waals surface area contributed by atoms with Gasteiger partial charge in [0.05, 0.1) is 24.9 Å². The van der Waals surface area contributed by atoms with E-state index in [-0.39, 0.29) is 6.54 Å². The van der Waals surface area contributed by atoms with Gasteiger partial charge in [0.15, 0.2) is 0 Å². The summed E-state index contributed by atoms with van der Waals surface area (Å²) in [6.45, 7) is 0.0250. The predicted octanol–water partition coefficient (Wildman–Crippen LogP) is 4.35. The molecule has 1 heterocycles. The van der Waals surface area contributed by atoms with Crippen molar-refractivity contribution in [1.82, 2.24) is 4.98 Å². The fraction of sp³-hybridized carbons (Fsp3) is 0.158. The SMILES string of the molecule is COc1ccc(N(Cc2ccc(C(F)(F)F)cc2)C(N)=O)c2ccncc12. The molecule has 8 heteroatoms. The molecule has 5 nitrogen and oxygen atoms in total. The second-order valence-corrected chi connectivity index (χ2v) is 5.83. The van der Waals surface area contributed by atoms with E-state index in [4.69, 9.17) is 10.5 Å². The van der Waals surface area contributed by atoms with Gasteiger partial charge in [-0.05, 0) is 35.9 Å². The Kier molecular flexibility index (Phi) is 4.89. The van der Waals surface area contributed by atoms with Crippen LogP contribution in [0.25, 0.3) is 10.8 Å². The zero-order valence-electron chi connectivity index (χ0n) is 14.3. The minimum atomic E-state index is -4.42. The minimum Gasteiger partial charge on any atom is -0.496 e. The van der Waals surface area contributed by atoms with E-state index in [1.807, 2.05) is 0 Å². The monoisotopic (exact) mass is 375 g/mol. The standard InChI is InChI=1S/C19H16F3N3O2/c1-27-17-7-6-16(14-8-9-24-10-15(14)17)25(18(23)26)11-12-2-4-13(5-3-12)19(20,21)22/h2-10H,11H2,1H3,(H2,23,26). The Morgan fingerprint density at radius 2 is 1.81 bits per heavy atom. The second kappa shape index (κ2) is 7.14. The van der Waals surface area contributed by atoms with Crippen LogP contribution in [0, 0.1) is 0 Å².